The van der Waals surface area contributed by atoms with Crippen molar-refractivity contribution >= 4 is 11.0 Å². The third-order valence-electron chi connectivity index (χ3n) is 3.23. The SMILES string of the molecule is Oc1cccc2ncn(CC3CCNC3)c12. The summed E-state index contributed by atoms with van der Waals surface area (Å²) in [5.41, 5.74) is 1.72. The van der Waals surface area contributed by atoms with E-state index < -0.39 is 0 Å². The van der Waals surface area contributed by atoms with Gasteiger partial charge in [0.1, 0.15) is 11.3 Å². The number of hydrogen-bond acceptors (Lipinski definition) is 3. The Morgan fingerprint density at radius 1 is 1.50 bits per heavy atom. The lowest BCUT2D eigenvalue weighted by molar-refractivity contribution is 0.463. The summed E-state index contributed by atoms with van der Waals surface area (Å²) in [6, 6.07) is 5.47. The van der Waals surface area contributed by atoms with Crippen LogP contribution in [-0.2, 0) is 6.54 Å². The van der Waals surface area contributed by atoms with Crippen molar-refractivity contribution in [1.29, 1.82) is 0 Å². The number of aromatic nitrogens is 2. The minimum atomic E-state index is 0.320. The Bertz CT molecular complexity index is 500. The van der Waals surface area contributed by atoms with E-state index in [0.717, 1.165) is 30.7 Å². The fourth-order valence-corrected chi connectivity index (χ4v) is 2.39. The van der Waals surface area contributed by atoms with Crippen LogP contribution in [0.25, 0.3) is 11.0 Å². The molecule has 1 aromatic carbocycles. The van der Waals surface area contributed by atoms with E-state index in [2.05, 4.69) is 14.9 Å². The molecule has 2 heterocycles. The number of benzene rings is 1. The van der Waals surface area contributed by atoms with Gasteiger partial charge in [-0.05, 0) is 37.6 Å². The predicted molar refractivity (Wildman–Crippen MR) is 62.4 cm³/mol. The van der Waals surface area contributed by atoms with Crippen molar-refractivity contribution in [2.75, 3.05) is 13.1 Å². The predicted octanol–water partition coefficient (Wildman–Crippen LogP) is 1.35. The quantitative estimate of drug-likeness (QED) is 0.798. The van der Waals surface area contributed by atoms with Crippen LogP contribution in [0.15, 0.2) is 24.5 Å². The average Bonchev–Trinajstić information content (AvgIpc) is 2.90. The van der Waals surface area contributed by atoms with Crippen molar-refractivity contribution in [2.24, 2.45) is 5.92 Å². The maximum absolute atomic E-state index is 9.84. The summed E-state index contributed by atoms with van der Waals surface area (Å²) in [6.45, 7) is 3.09. The summed E-state index contributed by atoms with van der Waals surface area (Å²) in [5, 5.41) is 13.2. The minimum Gasteiger partial charge on any atom is -0.506 e. The summed E-state index contributed by atoms with van der Waals surface area (Å²) < 4.78 is 2.06. The monoisotopic (exact) mass is 217 g/mol. The highest BCUT2D eigenvalue weighted by Gasteiger charge is 2.16. The van der Waals surface area contributed by atoms with E-state index in [1.807, 2.05) is 18.5 Å². The van der Waals surface area contributed by atoms with Crippen molar-refractivity contribution < 1.29 is 5.11 Å². The van der Waals surface area contributed by atoms with Crippen LogP contribution >= 0.6 is 0 Å². The van der Waals surface area contributed by atoms with E-state index in [0.29, 0.717) is 11.7 Å². The van der Waals surface area contributed by atoms with E-state index in [4.69, 9.17) is 0 Å². The number of nitrogens with one attached hydrogen (secondary N) is 1. The molecule has 1 saturated heterocycles. The van der Waals surface area contributed by atoms with Crippen molar-refractivity contribution in [3.05, 3.63) is 24.5 Å². The highest BCUT2D eigenvalue weighted by molar-refractivity contribution is 5.81. The molecule has 16 heavy (non-hydrogen) atoms. The molecule has 1 aliphatic heterocycles. The Morgan fingerprint density at radius 3 is 3.25 bits per heavy atom. The molecule has 2 N–H and O–H groups in total. The number of aromatic hydroxyl groups is 1. The van der Waals surface area contributed by atoms with E-state index in [1.54, 1.807) is 6.07 Å². The van der Waals surface area contributed by atoms with Crippen LogP contribution < -0.4 is 5.32 Å². The summed E-state index contributed by atoms with van der Waals surface area (Å²) in [4.78, 5) is 4.30. The first kappa shape index (κ1) is 9.66. The number of nitrogens with zero attached hydrogens (tertiary/aromatic N) is 2. The number of fused-ring (bicyclic) bond motifs is 1. The minimum absolute atomic E-state index is 0.320. The molecule has 84 valence electrons. The zero-order valence-corrected chi connectivity index (χ0v) is 9.06. The van der Waals surface area contributed by atoms with Gasteiger partial charge in [0.25, 0.3) is 0 Å². The van der Waals surface area contributed by atoms with Crippen LogP contribution in [0.1, 0.15) is 6.42 Å². The van der Waals surface area contributed by atoms with E-state index in [9.17, 15) is 5.11 Å². The van der Waals surface area contributed by atoms with Gasteiger partial charge in [-0.3, -0.25) is 0 Å². The van der Waals surface area contributed by atoms with Crippen molar-refractivity contribution in [2.45, 2.75) is 13.0 Å². The average molecular weight is 217 g/mol. The van der Waals surface area contributed by atoms with Gasteiger partial charge >= 0.3 is 0 Å². The third-order valence-corrected chi connectivity index (χ3v) is 3.23. The van der Waals surface area contributed by atoms with Gasteiger partial charge in [-0.2, -0.15) is 0 Å². The van der Waals surface area contributed by atoms with Crippen LogP contribution in [0.5, 0.6) is 5.75 Å². The molecular weight excluding hydrogens is 202 g/mol. The fraction of sp³-hybridized carbons (Fsp3) is 0.417. The van der Waals surface area contributed by atoms with Gasteiger partial charge in [-0.15, -0.1) is 0 Å². The number of hydrogen-bond donors (Lipinski definition) is 2. The summed E-state index contributed by atoms with van der Waals surface area (Å²) in [6.07, 6.45) is 3.02. The van der Waals surface area contributed by atoms with Gasteiger partial charge in [0.15, 0.2) is 0 Å². The molecule has 0 saturated carbocycles. The first-order valence-corrected chi connectivity index (χ1v) is 5.68. The first-order chi connectivity index (χ1) is 7.84. The van der Waals surface area contributed by atoms with Crippen LogP contribution in [0.2, 0.25) is 0 Å². The van der Waals surface area contributed by atoms with Gasteiger partial charge in [-0.25, -0.2) is 4.98 Å². The van der Waals surface area contributed by atoms with Gasteiger partial charge in [0.05, 0.1) is 11.8 Å². The molecule has 0 radical (unpaired) electrons. The van der Waals surface area contributed by atoms with E-state index in [1.165, 1.54) is 6.42 Å². The Kier molecular flexibility index (Phi) is 2.29. The first-order valence-electron chi connectivity index (χ1n) is 5.68. The normalized spacial score (nSPS) is 20.6. The number of rotatable bonds is 2. The highest BCUT2D eigenvalue weighted by Crippen LogP contribution is 2.24. The Labute approximate surface area is 93.9 Å². The largest absolute Gasteiger partial charge is 0.506 e. The summed E-state index contributed by atoms with van der Waals surface area (Å²) in [7, 11) is 0. The van der Waals surface area contributed by atoms with E-state index >= 15 is 0 Å². The second-order valence-corrected chi connectivity index (χ2v) is 4.40. The van der Waals surface area contributed by atoms with Gasteiger partial charge in [0, 0.05) is 6.54 Å². The second kappa shape index (κ2) is 3.79. The topological polar surface area (TPSA) is 50.1 Å². The van der Waals surface area contributed by atoms with Crippen molar-refractivity contribution in [1.82, 2.24) is 14.9 Å². The Hall–Kier alpha value is -1.55. The zero-order chi connectivity index (χ0) is 11.0. The summed E-state index contributed by atoms with van der Waals surface area (Å²) >= 11 is 0. The number of phenols is 1. The molecule has 1 atom stereocenters. The second-order valence-electron chi connectivity index (χ2n) is 4.40. The number of para-hydroxylation sites is 1. The molecule has 0 amide bonds. The molecule has 0 spiro atoms. The smallest absolute Gasteiger partial charge is 0.141 e. The van der Waals surface area contributed by atoms with Crippen LogP contribution in [-0.4, -0.2) is 27.7 Å². The molecule has 2 aromatic rings. The Balaban J connectivity index is 1.97. The van der Waals surface area contributed by atoms with Gasteiger partial charge in [0.2, 0.25) is 0 Å². The maximum atomic E-state index is 9.84. The third kappa shape index (κ3) is 1.55. The lowest BCUT2D eigenvalue weighted by Crippen LogP contribution is -2.13. The van der Waals surface area contributed by atoms with Gasteiger partial charge < -0.3 is 15.0 Å². The van der Waals surface area contributed by atoms with Crippen LogP contribution in [0.4, 0.5) is 0 Å². The van der Waals surface area contributed by atoms with Crippen LogP contribution in [0, 0.1) is 5.92 Å². The molecule has 3 rings (SSSR count). The zero-order valence-electron chi connectivity index (χ0n) is 9.06. The Morgan fingerprint density at radius 2 is 2.44 bits per heavy atom. The highest BCUT2D eigenvalue weighted by atomic mass is 16.3. The van der Waals surface area contributed by atoms with Gasteiger partial charge in [-0.1, -0.05) is 6.07 Å². The van der Waals surface area contributed by atoms with Crippen molar-refractivity contribution in [3.8, 4) is 5.75 Å². The molecule has 4 heteroatoms. The molecule has 0 aliphatic carbocycles. The lowest BCUT2D eigenvalue weighted by Gasteiger charge is -2.10. The molecule has 4 nitrogen and oxygen atoms in total. The number of phenolic OH excluding ortho intramolecular Hbond substituents is 1. The fourth-order valence-electron chi connectivity index (χ4n) is 2.39. The molecule has 1 fully saturated rings. The number of imidazole rings is 1. The molecule has 1 unspecified atom stereocenters. The molecule has 1 aliphatic rings. The van der Waals surface area contributed by atoms with Crippen LogP contribution in [0.3, 0.4) is 0 Å². The molecular formula is C12H15N3O. The standard InChI is InChI=1S/C12H15N3O/c16-11-3-1-2-10-12(11)15(8-14-10)7-9-4-5-13-6-9/h1-3,8-9,13,16H,4-7H2. The van der Waals surface area contributed by atoms with Crippen molar-refractivity contribution in [3.63, 3.8) is 0 Å². The molecule has 0 bridgehead atoms. The lowest BCUT2D eigenvalue weighted by atomic mass is 10.1. The maximum Gasteiger partial charge on any atom is 0.141 e. The van der Waals surface area contributed by atoms with E-state index in [-0.39, 0.29) is 0 Å². The molecule has 1 aromatic heterocycles. The summed E-state index contributed by atoms with van der Waals surface area (Å²) in [5.74, 6) is 0.970.